The van der Waals surface area contributed by atoms with Crippen molar-refractivity contribution >= 4 is 23.5 Å². The van der Waals surface area contributed by atoms with Crippen LogP contribution in [0.2, 0.25) is 0 Å². The van der Waals surface area contributed by atoms with Crippen molar-refractivity contribution in [3.63, 3.8) is 0 Å². The molecule has 31 heavy (non-hydrogen) atoms. The van der Waals surface area contributed by atoms with Crippen LogP contribution in [0.15, 0.2) is 24.3 Å². The Kier molecular flexibility index (Phi) is 11.0. The fraction of sp³-hybridized carbons (Fsp3) is 0.609. The standard InChI is InChI=1S/C23H35N3O5/c1-17(23(29)31-20-8-6-7-9-20)24-16-18-12-14-19(15-13-18)25-21(27)10-4-2-3-5-11-22(28)26-30/h12-15,17,20,24,30H,2-11,16H2,1H3,(H,25,27)(H,26,28)/t17-/m0/s1. The number of anilines is 1. The number of esters is 1. The lowest BCUT2D eigenvalue weighted by Gasteiger charge is -2.17. The van der Waals surface area contributed by atoms with Gasteiger partial charge >= 0.3 is 5.97 Å². The first kappa shape index (κ1) is 24.8. The summed E-state index contributed by atoms with van der Waals surface area (Å²) >= 11 is 0. The molecule has 2 rings (SSSR count). The molecule has 8 nitrogen and oxygen atoms in total. The molecular weight excluding hydrogens is 398 g/mol. The predicted octanol–water partition coefficient (Wildman–Crippen LogP) is 3.44. The zero-order chi connectivity index (χ0) is 22.5. The first-order chi connectivity index (χ1) is 15.0. The summed E-state index contributed by atoms with van der Waals surface area (Å²) in [5.74, 6) is -0.621. The van der Waals surface area contributed by atoms with Crippen LogP contribution in [0.1, 0.15) is 76.7 Å². The smallest absolute Gasteiger partial charge is 0.323 e. The largest absolute Gasteiger partial charge is 0.461 e. The Morgan fingerprint density at radius 3 is 2.23 bits per heavy atom. The minimum Gasteiger partial charge on any atom is -0.461 e. The molecule has 0 unspecified atom stereocenters. The van der Waals surface area contributed by atoms with Crippen molar-refractivity contribution in [2.45, 2.75) is 89.8 Å². The number of nitrogens with one attached hydrogen (secondary N) is 3. The van der Waals surface area contributed by atoms with Gasteiger partial charge in [-0.05, 0) is 63.1 Å². The quantitative estimate of drug-likeness (QED) is 0.164. The number of hydrogen-bond donors (Lipinski definition) is 4. The number of hydrogen-bond acceptors (Lipinski definition) is 6. The first-order valence-electron chi connectivity index (χ1n) is 11.2. The van der Waals surface area contributed by atoms with Crippen molar-refractivity contribution in [3.8, 4) is 0 Å². The van der Waals surface area contributed by atoms with Crippen LogP contribution >= 0.6 is 0 Å². The molecule has 1 saturated carbocycles. The van der Waals surface area contributed by atoms with Crippen LogP contribution in [-0.4, -0.2) is 35.1 Å². The summed E-state index contributed by atoms with van der Waals surface area (Å²) in [4.78, 5) is 35.1. The Morgan fingerprint density at radius 2 is 1.61 bits per heavy atom. The van der Waals surface area contributed by atoms with Gasteiger partial charge < -0.3 is 15.4 Å². The van der Waals surface area contributed by atoms with E-state index in [0.29, 0.717) is 25.8 Å². The second-order valence-electron chi connectivity index (χ2n) is 8.14. The molecule has 1 atom stereocenters. The van der Waals surface area contributed by atoms with Crippen molar-refractivity contribution in [1.82, 2.24) is 10.8 Å². The fourth-order valence-electron chi connectivity index (χ4n) is 3.54. The second kappa shape index (κ2) is 13.8. The van der Waals surface area contributed by atoms with Crippen molar-refractivity contribution in [2.75, 3.05) is 5.32 Å². The van der Waals surface area contributed by atoms with Crippen molar-refractivity contribution in [2.24, 2.45) is 0 Å². The molecule has 1 aliphatic carbocycles. The van der Waals surface area contributed by atoms with Crippen LogP contribution in [0.25, 0.3) is 0 Å². The van der Waals surface area contributed by atoms with Gasteiger partial charge in [0.25, 0.3) is 0 Å². The molecule has 0 aromatic heterocycles. The molecule has 1 aliphatic rings. The van der Waals surface area contributed by atoms with Crippen LogP contribution in [0.5, 0.6) is 0 Å². The van der Waals surface area contributed by atoms with Gasteiger partial charge in [-0.25, -0.2) is 5.48 Å². The molecule has 0 heterocycles. The van der Waals surface area contributed by atoms with Gasteiger partial charge in [0.05, 0.1) is 0 Å². The Hall–Kier alpha value is -2.45. The average molecular weight is 434 g/mol. The molecule has 0 aliphatic heterocycles. The van der Waals surface area contributed by atoms with Crippen LogP contribution in [0.3, 0.4) is 0 Å². The van der Waals surface area contributed by atoms with Gasteiger partial charge in [0, 0.05) is 25.1 Å². The van der Waals surface area contributed by atoms with Gasteiger partial charge in [0.2, 0.25) is 11.8 Å². The minimum atomic E-state index is -0.380. The van der Waals surface area contributed by atoms with E-state index in [2.05, 4.69) is 10.6 Å². The molecular formula is C23H35N3O5. The van der Waals surface area contributed by atoms with Crippen LogP contribution in [0, 0.1) is 0 Å². The van der Waals surface area contributed by atoms with Crippen LogP contribution in [-0.2, 0) is 25.7 Å². The Bertz CT molecular complexity index is 702. The summed E-state index contributed by atoms with van der Waals surface area (Å²) in [5.41, 5.74) is 3.37. The van der Waals surface area contributed by atoms with E-state index in [1.165, 1.54) is 0 Å². The second-order valence-corrected chi connectivity index (χ2v) is 8.14. The number of rotatable bonds is 13. The highest BCUT2D eigenvalue weighted by molar-refractivity contribution is 5.90. The third-order valence-electron chi connectivity index (χ3n) is 5.47. The van der Waals surface area contributed by atoms with Crippen molar-refractivity contribution in [3.05, 3.63) is 29.8 Å². The third-order valence-corrected chi connectivity index (χ3v) is 5.47. The molecule has 0 radical (unpaired) electrons. The summed E-state index contributed by atoms with van der Waals surface area (Å²) in [6, 6.07) is 7.18. The van der Waals surface area contributed by atoms with Gasteiger partial charge in [-0.15, -0.1) is 0 Å². The lowest BCUT2D eigenvalue weighted by atomic mass is 10.1. The number of hydroxylamine groups is 1. The Balaban J connectivity index is 1.60. The molecule has 1 fully saturated rings. The normalized spacial score (nSPS) is 14.8. The van der Waals surface area contributed by atoms with E-state index in [9.17, 15) is 14.4 Å². The maximum atomic E-state index is 12.1. The molecule has 4 N–H and O–H groups in total. The monoisotopic (exact) mass is 433 g/mol. The predicted molar refractivity (Wildman–Crippen MR) is 117 cm³/mol. The molecule has 2 amide bonds. The number of benzene rings is 1. The molecule has 172 valence electrons. The molecule has 0 spiro atoms. The number of ether oxygens (including phenoxy) is 1. The van der Waals surface area contributed by atoms with Gasteiger partial charge in [-0.3, -0.25) is 19.6 Å². The summed E-state index contributed by atoms with van der Waals surface area (Å²) in [6.45, 7) is 2.36. The maximum Gasteiger partial charge on any atom is 0.323 e. The third kappa shape index (κ3) is 9.93. The fourth-order valence-corrected chi connectivity index (χ4v) is 3.54. The van der Waals surface area contributed by atoms with Crippen LogP contribution in [0.4, 0.5) is 5.69 Å². The van der Waals surface area contributed by atoms with Crippen LogP contribution < -0.4 is 16.1 Å². The number of carbonyl (C=O) groups excluding carboxylic acids is 3. The van der Waals surface area contributed by atoms with Gasteiger partial charge in [-0.1, -0.05) is 25.0 Å². The lowest BCUT2D eigenvalue weighted by Crippen LogP contribution is -2.36. The van der Waals surface area contributed by atoms with E-state index in [1.807, 2.05) is 31.2 Å². The zero-order valence-corrected chi connectivity index (χ0v) is 18.3. The zero-order valence-electron chi connectivity index (χ0n) is 18.3. The number of unbranched alkanes of at least 4 members (excludes halogenated alkanes) is 3. The molecule has 1 aromatic carbocycles. The topological polar surface area (TPSA) is 117 Å². The van der Waals surface area contributed by atoms with Gasteiger partial charge in [0.15, 0.2) is 0 Å². The molecule has 1 aromatic rings. The number of amides is 2. The summed E-state index contributed by atoms with van der Waals surface area (Å²) in [7, 11) is 0. The molecule has 0 bridgehead atoms. The van der Waals surface area contributed by atoms with Gasteiger partial charge in [-0.2, -0.15) is 0 Å². The first-order valence-corrected chi connectivity index (χ1v) is 11.2. The minimum absolute atomic E-state index is 0.0396. The Morgan fingerprint density at radius 1 is 1.00 bits per heavy atom. The summed E-state index contributed by atoms with van der Waals surface area (Å²) < 4.78 is 5.52. The maximum absolute atomic E-state index is 12.1. The lowest BCUT2D eigenvalue weighted by molar-refractivity contribution is -0.150. The summed E-state index contributed by atoms with van der Waals surface area (Å²) in [5, 5.41) is 14.5. The van der Waals surface area contributed by atoms with E-state index in [-0.39, 0.29) is 29.9 Å². The SMILES string of the molecule is C[C@H](NCc1ccc(NC(=O)CCCCCCC(=O)NO)cc1)C(=O)OC1CCCC1. The highest BCUT2D eigenvalue weighted by Gasteiger charge is 2.22. The van der Waals surface area contributed by atoms with Crippen molar-refractivity contribution in [1.29, 1.82) is 0 Å². The molecule has 0 saturated heterocycles. The summed E-state index contributed by atoms with van der Waals surface area (Å²) in [6.07, 6.45) is 8.15. The molecule has 8 heteroatoms. The van der Waals surface area contributed by atoms with Gasteiger partial charge in [0.1, 0.15) is 12.1 Å². The van der Waals surface area contributed by atoms with E-state index in [1.54, 1.807) is 5.48 Å². The van der Waals surface area contributed by atoms with Crippen molar-refractivity contribution < 1.29 is 24.3 Å². The number of carbonyl (C=O) groups is 3. The Labute approximate surface area is 184 Å². The average Bonchev–Trinajstić information content (AvgIpc) is 3.28. The van der Waals surface area contributed by atoms with E-state index < -0.39 is 0 Å². The van der Waals surface area contributed by atoms with E-state index in [0.717, 1.165) is 56.2 Å². The highest BCUT2D eigenvalue weighted by atomic mass is 16.5. The van der Waals surface area contributed by atoms with E-state index in [4.69, 9.17) is 9.94 Å². The highest BCUT2D eigenvalue weighted by Crippen LogP contribution is 2.21. The van der Waals surface area contributed by atoms with E-state index >= 15 is 0 Å².